The fourth-order valence-corrected chi connectivity index (χ4v) is 1.19. The first-order chi connectivity index (χ1) is 5.16. The summed E-state index contributed by atoms with van der Waals surface area (Å²) in [5, 5.41) is 30.0. The normalized spacial score (nSPS) is 45.8. The van der Waals surface area contributed by atoms with Gasteiger partial charge in [-0.15, -0.1) is 0 Å². The molecule has 0 aromatic heterocycles. The summed E-state index contributed by atoms with van der Waals surface area (Å²) in [5.74, 6) is 0. The first kappa shape index (κ1) is 8.89. The number of nitrogens with one attached hydrogen (secondary N) is 1. The molecule has 1 heterocycles. The van der Waals surface area contributed by atoms with Crippen LogP contribution in [0.25, 0.3) is 0 Å². The molecule has 66 valence electrons. The molecule has 0 aliphatic carbocycles. The van der Waals surface area contributed by atoms with Crippen LogP contribution in [0.5, 0.6) is 0 Å². The summed E-state index contributed by atoms with van der Waals surface area (Å²) in [6, 6.07) is -0.905. The maximum Gasteiger partial charge on any atom is 0.0989 e. The van der Waals surface area contributed by atoms with Gasteiger partial charge in [0, 0.05) is 12.6 Å². The Labute approximate surface area is 64.8 Å². The van der Waals surface area contributed by atoms with Crippen LogP contribution < -0.4 is 11.1 Å². The Balaban J connectivity index is 2.52. The number of nitrogens with two attached hydrogens (primary N) is 1. The Kier molecular flexibility index (Phi) is 2.80. The molecular weight excluding hydrogens is 148 g/mol. The Morgan fingerprint density at radius 2 is 2.00 bits per heavy atom. The second-order valence-electron chi connectivity index (χ2n) is 2.84. The molecule has 5 heteroatoms. The molecule has 1 aliphatic rings. The predicted molar refractivity (Wildman–Crippen MR) is 38.9 cm³/mol. The zero-order valence-electron chi connectivity index (χ0n) is 6.14. The summed E-state index contributed by atoms with van der Waals surface area (Å²) in [6.45, 7) is 0.231. The SMILES string of the molecule is N[C@@H]1CN[C@H](CO)[C@@H](O)[C@@H]1O. The van der Waals surface area contributed by atoms with Crippen molar-refractivity contribution in [1.29, 1.82) is 0 Å². The monoisotopic (exact) mass is 162 g/mol. The second-order valence-corrected chi connectivity index (χ2v) is 2.84. The van der Waals surface area contributed by atoms with Crippen molar-refractivity contribution in [3.05, 3.63) is 0 Å². The number of rotatable bonds is 1. The highest BCUT2D eigenvalue weighted by molar-refractivity contribution is 4.93. The summed E-state index contributed by atoms with van der Waals surface area (Å²) >= 11 is 0. The van der Waals surface area contributed by atoms with E-state index in [1.807, 2.05) is 0 Å². The molecule has 0 saturated carbocycles. The number of piperidine rings is 1. The van der Waals surface area contributed by atoms with Gasteiger partial charge in [-0.3, -0.25) is 0 Å². The molecule has 1 aliphatic heterocycles. The maximum absolute atomic E-state index is 9.26. The highest BCUT2D eigenvalue weighted by Crippen LogP contribution is 2.08. The lowest BCUT2D eigenvalue weighted by Crippen LogP contribution is -2.63. The van der Waals surface area contributed by atoms with E-state index in [0.717, 1.165) is 0 Å². The van der Waals surface area contributed by atoms with Crippen molar-refractivity contribution in [3.63, 3.8) is 0 Å². The molecule has 0 bridgehead atoms. The molecule has 0 amide bonds. The van der Waals surface area contributed by atoms with E-state index in [-0.39, 0.29) is 6.61 Å². The van der Waals surface area contributed by atoms with Crippen LogP contribution in [0.4, 0.5) is 0 Å². The van der Waals surface area contributed by atoms with E-state index in [2.05, 4.69) is 5.32 Å². The molecule has 1 fully saturated rings. The molecule has 6 N–H and O–H groups in total. The molecule has 0 unspecified atom stereocenters. The number of aliphatic hydroxyl groups excluding tert-OH is 3. The third-order valence-corrected chi connectivity index (χ3v) is 2.01. The van der Waals surface area contributed by atoms with E-state index in [1.165, 1.54) is 0 Å². The lowest BCUT2D eigenvalue weighted by molar-refractivity contribution is -0.0480. The van der Waals surface area contributed by atoms with Crippen molar-refractivity contribution in [1.82, 2.24) is 5.32 Å². The molecule has 0 radical (unpaired) electrons. The zero-order valence-corrected chi connectivity index (χ0v) is 6.14. The molecular formula is C6H14N2O3. The van der Waals surface area contributed by atoms with E-state index in [9.17, 15) is 10.2 Å². The van der Waals surface area contributed by atoms with Gasteiger partial charge >= 0.3 is 0 Å². The van der Waals surface area contributed by atoms with Gasteiger partial charge in [0.1, 0.15) is 0 Å². The van der Waals surface area contributed by atoms with Gasteiger partial charge in [-0.05, 0) is 0 Å². The number of hydrogen-bond donors (Lipinski definition) is 5. The van der Waals surface area contributed by atoms with Gasteiger partial charge in [-0.25, -0.2) is 0 Å². The third kappa shape index (κ3) is 1.69. The van der Waals surface area contributed by atoms with Gasteiger partial charge in [0.15, 0.2) is 0 Å². The van der Waals surface area contributed by atoms with Gasteiger partial charge in [0.2, 0.25) is 0 Å². The molecule has 1 saturated heterocycles. The predicted octanol–water partition coefficient (Wildman–Crippen LogP) is -3.00. The Bertz CT molecular complexity index is 131. The van der Waals surface area contributed by atoms with Gasteiger partial charge in [-0.2, -0.15) is 0 Å². The summed E-state index contributed by atoms with van der Waals surface area (Å²) in [7, 11) is 0. The standard InChI is InChI=1S/C6H14N2O3/c7-3-1-8-4(2-9)6(11)5(3)10/h3-6,8-11H,1-2,7H2/t3-,4-,5-,6-/m1/s1. The molecule has 4 atom stereocenters. The minimum atomic E-state index is -0.969. The van der Waals surface area contributed by atoms with E-state index in [1.54, 1.807) is 0 Å². The number of hydrogen-bond acceptors (Lipinski definition) is 5. The maximum atomic E-state index is 9.26. The van der Waals surface area contributed by atoms with Crippen LogP contribution in [-0.2, 0) is 0 Å². The summed E-state index contributed by atoms with van der Waals surface area (Å²) in [5.41, 5.74) is 5.43. The Morgan fingerprint density at radius 3 is 2.55 bits per heavy atom. The average molecular weight is 162 g/mol. The van der Waals surface area contributed by atoms with Crippen LogP contribution in [-0.4, -0.2) is 52.8 Å². The molecule has 0 spiro atoms. The minimum absolute atomic E-state index is 0.190. The van der Waals surface area contributed by atoms with Crippen LogP contribution in [0.15, 0.2) is 0 Å². The molecule has 11 heavy (non-hydrogen) atoms. The fraction of sp³-hybridized carbons (Fsp3) is 1.00. The van der Waals surface area contributed by atoms with Gasteiger partial charge in [-0.1, -0.05) is 0 Å². The topological polar surface area (TPSA) is 98.7 Å². The summed E-state index contributed by atoms with van der Waals surface area (Å²) < 4.78 is 0. The second kappa shape index (κ2) is 3.46. The molecule has 0 aromatic carbocycles. The van der Waals surface area contributed by atoms with E-state index in [4.69, 9.17) is 10.8 Å². The van der Waals surface area contributed by atoms with Gasteiger partial charge in [0.25, 0.3) is 0 Å². The first-order valence-electron chi connectivity index (χ1n) is 3.62. The molecule has 5 nitrogen and oxygen atoms in total. The molecule has 0 aromatic rings. The molecule has 1 rings (SSSR count). The van der Waals surface area contributed by atoms with Crippen molar-refractivity contribution in [2.24, 2.45) is 5.73 Å². The van der Waals surface area contributed by atoms with E-state index in [0.29, 0.717) is 6.54 Å². The highest BCUT2D eigenvalue weighted by Gasteiger charge is 2.34. The van der Waals surface area contributed by atoms with Crippen molar-refractivity contribution in [2.75, 3.05) is 13.2 Å². The van der Waals surface area contributed by atoms with Gasteiger partial charge in [0.05, 0.1) is 24.9 Å². The van der Waals surface area contributed by atoms with Crippen LogP contribution >= 0.6 is 0 Å². The summed E-state index contributed by atoms with van der Waals surface area (Å²) in [6.07, 6.45) is -1.91. The third-order valence-electron chi connectivity index (χ3n) is 2.01. The fourth-order valence-electron chi connectivity index (χ4n) is 1.19. The Hall–Kier alpha value is -0.200. The average Bonchev–Trinajstić information content (AvgIpc) is 2.01. The quantitative estimate of drug-likeness (QED) is 0.283. The minimum Gasteiger partial charge on any atom is -0.395 e. The zero-order chi connectivity index (χ0) is 8.43. The van der Waals surface area contributed by atoms with Crippen molar-refractivity contribution < 1.29 is 15.3 Å². The lowest BCUT2D eigenvalue weighted by atomic mass is 9.95. The Morgan fingerprint density at radius 1 is 1.36 bits per heavy atom. The summed E-state index contributed by atoms with van der Waals surface area (Å²) in [4.78, 5) is 0. The highest BCUT2D eigenvalue weighted by atomic mass is 16.3. The first-order valence-corrected chi connectivity index (χ1v) is 3.62. The van der Waals surface area contributed by atoms with Crippen LogP contribution in [0, 0.1) is 0 Å². The van der Waals surface area contributed by atoms with Crippen molar-refractivity contribution in [3.8, 4) is 0 Å². The van der Waals surface area contributed by atoms with Crippen molar-refractivity contribution in [2.45, 2.75) is 24.3 Å². The largest absolute Gasteiger partial charge is 0.395 e. The van der Waals surface area contributed by atoms with E-state index >= 15 is 0 Å². The lowest BCUT2D eigenvalue weighted by Gasteiger charge is -2.35. The van der Waals surface area contributed by atoms with Crippen molar-refractivity contribution >= 4 is 0 Å². The van der Waals surface area contributed by atoms with Gasteiger partial charge < -0.3 is 26.4 Å². The van der Waals surface area contributed by atoms with Crippen LogP contribution in [0.3, 0.4) is 0 Å². The van der Waals surface area contributed by atoms with Crippen LogP contribution in [0.2, 0.25) is 0 Å². The number of aliphatic hydroxyl groups is 3. The smallest absolute Gasteiger partial charge is 0.0989 e. The van der Waals surface area contributed by atoms with Crippen LogP contribution in [0.1, 0.15) is 0 Å². The van der Waals surface area contributed by atoms with E-state index < -0.39 is 24.3 Å².